The van der Waals surface area contributed by atoms with E-state index in [0.29, 0.717) is 0 Å². The van der Waals surface area contributed by atoms with Gasteiger partial charge in [0.05, 0.1) is 0 Å². The van der Waals surface area contributed by atoms with Gasteiger partial charge in [0.25, 0.3) is 0 Å². The van der Waals surface area contributed by atoms with Gasteiger partial charge in [0.15, 0.2) is 0 Å². The minimum absolute atomic E-state index is 0.894. The van der Waals surface area contributed by atoms with Gasteiger partial charge in [-0.05, 0) is 25.2 Å². The number of unbranched alkanes of at least 4 members (excludes halogenated alkanes) is 9. The third-order valence-electron chi connectivity index (χ3n) is 3.52. The van der Waals surface area contributed by atoms with Crippen LogP contribution in [0, 0.1) is 5.92 Å². The van der Waals surface area contributed by atoms with Gasteiger partial charge < -0.3 is 0 Å². The van der Waals surface area contributed by atoms with Crippen LogP contribution in [0.2, 0.25) is 0 Å². The highest BCUT2D eigenvalue weighted by Crippen LogP contribution is 2.13. The van der Waals surface area contributed by atoms with E-state index in [-0.39, 0.29) is 0 Å². The number of rotatable bonds is 13. The second-order valence-electron chi connectivity index (χ2n) is 6.06. The Hall–Kier alpha value is -0.260. The lowest BCUT2D eigenvalue weighted by atomic mass is 10.0. The number of allylic oxidation sites excluding steroid dienone is 2. The predicted octanol–water partition coefficient (Wildman–Crippen LogP) is 6.90. The molecule has 0 saturated carbocycles. The summed E-state index contributed by atoms with van der Waals surface area (Å²) in [6.07, 6.45) is 21.5. The third kappa shape index (κ3) is 15.7. The molecule has 0 spiro atoms. The van der Waals surface area contributed by atoms with Crippen molar-refractivity contribution in [1.82, 2.24) is 0 Å². The van der Waals surface area contributed by atoms with Crippen LogP contribution in [0.1, 0.15) is 97.8 Å². The molecule has 0 aliphatic heterocycles. The molecule has 0 bridgehead atoms. The standard InChI is InChI=1S/C18H36/c1-4-5-6-7-8-9-10-11-12-13-14-15-16-17-18(2)3/h6-7,18H,4-5,8-17H2,1-3H3. The first kappa shape index (κ1) is 17.7. The lowest BCUT2D eigenvalue weighted by Crippen LogP contribution is -1.87. The molecular formula is C18H36. The van der Waals surface area contributed by atoms with Crippen LogP contribution >= 0.6 is 0 Å². The maximum atomic E-state index is 2.37. The first-order chi connectivity index (χ1) is 8.77. The zero-order valence-corrected chi connectivity index (χ0v) is 13.2. The van der Waals surface area contributed by atoms with Crippen molar-refractivity contribution in [2.45, 2.75) is 97.8 Å². The highest BCUT2D eigenvalue weighted by atomic mass is 14.0. The fourth-order valence-electron chi connectivity index (χ4n) is 2.28. The van der Waals surface area contributed by atoms with Crippen molar-refractivity contribution in [3.05, 3.63) is 12.2 Å². The summed E-state index contributed by atoms with van der Waals surface area (Å²) in [4.78, 5) is 0. The number of hydrogen-bond acceptors (Lipinski definition) is 0. The van der Waals surface area contributed by atoms with Gasteiger partial charge in [-0.15, -0.1) is 0 Å². The van der Waals surface area contributed by atoms with Gasteiger partial charge in [0.1, 0.15) is 0 Å². The summed E-state index contributed by atoms with van der Waals surface area (Å²) >= 11 is 0. The summed E-state index contributed by atoms with van der Waals surface area (Å²) in [5.74, 6) is 0.894. The van der Waals surface area contributed by atoms with E-state index in [4.69, 9.17) is 0 Å². The summed E-state index contributed by atoms with van der Waals surface area (Å²) in [5.41, 5.74) is 0. The molecule has 0 unspecified atom stereocenters. The molecule has 0 heterocycles. The molecule has 18 heavy (non-hydrogen) atoms. The normalized spacial score (nSPS) is 11.8. The van der Waals surface area contributed by atoms with Gasteiger partial charge in [-0.25, -0.2) is 0 Å². The van der Waals surface area contributed by atoms with Crippen LogP contribution in [0.5, 0.6) is 0 Å². The summed E-state index contributed by atoms with van der Waals surface area (Å²) in [7, 11) is 0. The molecule has 0 atom stereocenters. The van der Waals surface area contributed by atoms with Crippen molar-refractivity contribution in [2.24, 2.45) is 5.92 Å². The minimum atomic E-state index is 0.894. The fraction of sp³-hybridized carbons (Fsp3) is 0.889. The summed E-state index contributed by atoms with van der Waals surface area (Å²) in [6, 6.07) is 0. The van der Waals surface area contributed by atoms with E-state index < -0.39 is 0 Å². The molecule has 0 rings (SSSR count). The lowest BCUT2D eigenvalue weighted by molar-refractivity contribution is 0.507. The molecule has 0 aliphatic carbocycles. The van der Waals surface area contributed by atoms with E-state index in [1.807, 2.05) is 0 Å². The van der Waals surface area contributed by atoms with Crippen molar-refractivity contribution in [2.75, 3.05) is 0 Å². The second-order valence-corrected chi connectivity index (χ2v) is 6.06. The van der Waals surface area contributed by atoms with Crippen molar-refractivity contribution < 1.29 is 0 Å². The molecule has 0 radical (unpaired) electrons. The quantitative estimate of drug-likeness (QED) is 0.247. The Morgan fingerprint density at radius 1 is 0.667 bits per heavy atom. The largest absolute Gasteiger partial charge is 0.0885 e. The van der Waals surface area contributed by atoms with Gasteiger partial charge in [-0.2, -0.15) is 0 Å². The van der Waals surface area contributed by atoms with Crippen molar-refractivity contribution in [1.29, 1.82) is 0 Å². The van der Waals surface area contributed by atoms with Gasteiger partial charge in [-0.1, -0.05) is 90.7 Å². The zero-order chi connectivity index (χ0) is 13.5. The van der Waals surface area contributed by atoms with Gasteiger partial charge in [-0.3, -0.25) is 0 Å². The molecule has 0 aromatic rings. The van der Waals surface area contributed by atoms with E-state index in [0.717, 1.165) is 5.92 Å². The molecule has 0 saturated heterocycles. The topological polar surface area (TPSA) is 0 Å². The fourth-order valence-corrected chi connectivity index (χ4v) is 2.28. The van der Waals surface area contributed by atoms with Crippen LogP contribution < -0.4 is 0 Å². The highest BCUT2D eigenvalue weighted by Gasteiger charge is 1.94. The summed E-state index contributed by atoms with van der Waals surface area (Å²) in [5, 5.41) is 0. The van der Waals surface area contributed by atoms with Gasteiger partial charge in [0, 0.05) is 0 Å². The van der Waals surface area contributed by atoms with Crippen LogP contribution in [0.4, 0.5) is 0 Å². The molecule has 0 heteroatoms. The maximum Gasteiger partial charge on any atom is -0.0351 e. The molecule has 108 valence electrons. The van der Waals surface area contributed by atoms with Crippen LogP contribution in [0.3, 0.4) is 0 Å². The maximum absolute atomic E-state index is 2.37. The SMILES string of the molecule is CCCC=CCCCCCCCCCCC(C)C. The molecule has 0 aromatic heterocycles. The summed E-state index contributed by atoms with van der Waals surface area (Å²) < 4.78 is 0. The summed E-state index contributed by atoms with van der Waals surface area (Å²) in [6.45, 7) is 6.90. The smallest absolute Gasteiger partial charge is 0.0351 e. The zero-order valence-electron chi connectivity index (χ0n) is 13.2. The minimum Gasteiger partial charge on any atom is -0.0885 e. The van der Waals surface area contributed by atoms with Crippen LogP contribution in [0.25, 0.3) is 0 Å². The van der Waals surface area contributed by atoms with Crippen molar-refractivity contribution in [3.63, 3.8) is 0 Å². The van der Waals surface area contributed by atoms with Crippen LogP contribution in [-0.2, 0) is 0 Å². The first-order valence-electron chi connectivity index (χ1n) is 8.42. The Morgan fingerprint density at radius 3 is 1.72 bits per heavy atom. The predicted molar refractivity (Wildman–Crippen MR) is 85.1 cm³/mol. The molecule has 0 aliphatic rings. The molecule has 0 amide bonds. The molecule has 0 aromatic carbocycles. The molecule has 0 nitrogen and oxygen atoms in total. The Labute approximate surface area is 116 Å². The second kappa shape index (κ2) is 14.8. The Morgan fingerprint density at radius 2 is 1.17 bits per heavy atom. The van der Waals surface area contributed by atoms with E-state index in [9.17, 15) is 0 Å². The third-order valence-corrected chi connectivity index (χ3v) is 3.52. The molecular weight excluding hydrogens is 216 g/mol. The van der Waals surface area contributed by atoms with Crippen molar-refractivity contribution in [3.8, 4) is 0 Å². The van der Waals surface area contributed by atoms with E-state index >= 15 is 0 Å². The van der Waals surface area contributed by atoms with Crippen LogP contribution in [-0.4, -0.2) is 0 Å². The number of hydrogen-bond donors (Lipinski definition) is 0. The lowest BCUT2D eigenvalue weighted by Gasteiger charge is -2.04. The monoisotopic (exact) mass is 252 g/mol. The Balaban J connectivity index is 2.99. The first-order valence-corrected chi connectivity index (χ1v) is 8.42. The Kier molecular flexibility index (Phi) is 14.6. The molecule has 0 fully saturated rings. The van der Waals surface area contributed by atoms with E-state index in [1.165, 1.54) is 77.0 Å². The highest BCUT2D eigenvalue weighted by molar-refractivity contribution is 4.80. The van der Waals surface area contributed by atoms with Crippen molar-refractivity contribution >= 4 is 0 Å². The average Bonchev–Trinajstić information content (AvgIpc) is 2.34. The van der Waals surface area contributed by atoms with E-state index in [1.54, 1.807) is 0 Å². The van der Waals surface area contributed by atoms with E-state index in [2.05, 4.69) is 32.9 Å². The van der Waals surface area contributed by atoms with Gasteiger partial charge >= 0.3 is 0 Å². The van der Waals surface area contributed by atoms with Crippen LogP contribution in [0.15, 0.2) is 12.2 Å². The van der Waals surface area contributed by atoms with Gasteiger partial charge in [0.2, 0.25) is 0 Å². The average molecular weight is 252 g/mol. The Bertz CT molecular complexity index is 167. The molecule has 0 N–H and O–H groups in total.